The number of hydrogen-bond acceptors (Lipinski definition) is 2. The van der Waals surface area contributed by atoms with Gasteiger partial charge in [-0.1, -0.05) is 72.8 Å². The lowest BCUT2D eigenvalue weighted by atomic mass is 9.79. The van der Waals surface area contributed by atoms with Crippen molar-refractivity contribution in [3.05, 3.63) is 156 Å². The summed E-state index contributed by atoms with van der Waals surface area (Å²) in [7, 11) is 0. The number of nitrogens with zero attached hydrogens (tertiary/aromatic N) is 4. The van der Waals surface area contributed by atoms with Crippen LogP contribution in [0.15, 0.2) is 133 Å². The first-order chi connectivity index (χ1) is 29.1. The number of anilines is 2. The largest absolute Gasteiger partial charge is 0.372 e. The van der Waals surface area contributed by atoms with Crippen LogP contribution >= 0.6 is 0 Å². The fourth-order valence-corrected chi connectivity index (χ4v) is 10.2. The molecule has 0 radical (unpaired) electrons. The molecule has 0 aliphatic carbocycles. The predicted octanol–water partition coefficient (Wildman–Crippen LogP) is 13.3. The molecule has 306 valence electrons. The molecule has 4 nitrogen and oxygen atoms in total. The van der Waals surface area contributed by atoms with E-state index in [9.17, 15) is 0 Å². The molecule has 0 aromatic heterocycles. The quantitative estimate of drug-likeness (QED) is 0.0759. The fraction of sp³-hybridized carbons (Fsp3) is 0.321. The first-order valence-electron chi connectivity index (χ1n) is 22.5. The van der Waals surface area contributed by atoms with Crippen molar-refractivity contribution >= 4 is 67.9 Å². The van der Waals surface area contributed by atoms with Gasteiger partial charge in [0.05, 0.1) is 10.8 Å². The second-order valence-corrected chi connectivity index (χ2v) is 17.6. The number of fused-ring (bicyclic) bond motifs is 6. The Morgan fingerprint density at radius 3 is 1.17 bits per heavy atom. The van der Waals surface area contributed by atoms with Gasteiger partial charge in [0.15, 0.2) is 11.4 Å². The molecule has 0 unspecified atom stereocenters. The van der Waals surface area contributed by atoms with E-state index in [1.807, 2.05) is 0 Å². The van der Waals surface area contributed by atoms with Crippen molar-refractivity contribution in [2.45, 2.75) is 79.1 Å². The number of hydrogen-bond donors (Lipinski definition) is 0. The topological polar surface area (TPSA) is 12.5 Å². The molecular weight excluding hydrogens is 729 g/mol. The Morgan fingerprint density at radius 1 is 0.433 bits per heavy atom. The molecule has 0 bridgehead atoms. The predicted molar refractivity (Wildman–Crippen MR) is 261 cm³/mol. The highest BCUT2D eigenvalue weighted by Crippen LogP contribution is 2.46. The van der Waals surface area contributed by atoms with E-state index in [4.69, 9.17) is 0 Å². The van der Waals surface area contributed by atoms with Gasteiger partial charge in [-0.2, -0.15) is 9.15 Å². The molecule has 0 atom stereocenters. The molecular formula is C56H64N4+2. The van der Waals surface area contributed by atoms with E-state index in [1.54, 1.807) is 0 Å². The maximum absolute atomic E-state index is 2.63. The summed E-state index contributed by atoms with van der Waals surface area (Å²) >= 11 is 0. The van der Waals surface area contributed by atoms with Crippen LogP contribution in [0.5, 0.6) is 0 Å². The molecule has 6 aromatic carbocycles. The second kappa shape index (κ2) is 17.1. The molecule has 0 spiro atoms. The van der Waals surface area contributed by atoms with Crippen LogP contribution in [0, 0.1) is 0 Å². The highest BCUT2D eigenvalue weighted by Gasteiger charge is 2.47. The second-order valence-electron chi connectivity index (χ2n) is 17.6. The lowest BCUT2D eigenvalue weighted by Crippen LogP contribution is -2.29. The highest BCUT2D eigenvalue weighted by molar-refractivity contribution is 6.10. The Bertz CT molecular complexity index is 2440. The van der Waals surface area contributed by atoms with Gasteiger partial charge >= 0.3 is 0 Å². The highest BCUT2D eigenvalue weighted by atomic mass is 15.1. The summed E-state index contributed by atoms with van der Waals surface area (Å²) in [5, 5.41) is 5.32. The van der Waals surface area contributed by atoms with Gasteiger partial charge in [0, 0.05) is 85.8 Å². The van der Waals surface area contributed by atoms with Gasteiger partial charge in [0.2, 0.25) is 11.4 Å². The lowest BCUT2D eigenvalue weighted by molar-refractivity contribution is -0.451. The van der Waals surface area contributed by atoms with Gasteiger partial charge in [-0.3, -0.25) is 0 Å². The number of allylic oxidation sites excluding steroid dienone is 2. The summed E-state index contributed by atoms with van der Waals surface area (Å²) in [4.78, 5) is 4.80. The molecule has 0 N–H and O–H groups in total. The summed E-state index contributed by atoms with van der Waals surface area (Å²) in [6.07, 6.45) is 11.6. The van der Waals surface area contributed by atoms with E-state index in [0.29, 0.717) is 0 Å². The molecule has 0 saturated carbocycles. The minimum Gasteiger partial charge on any atom is -0.372 e. The fourth-order valence-electron chi connectivity index (χ4n) is 10.2. The summed E-state index contributed by atoms with van der Waals surface area (Å²) in [5.41, 5.74) is 13.0. The maximum atomic E-state index is 2.63. The van der Waals surface area contributed by atoms with Crippen LogP contribution in [0.25, 0.3) is 33.7 Å². The first kappa shape index (κ1) is 41.0. The van der Waals surface area contributed by atoms with Crippen molar-refractivity contribution < 1.29 is 9.15 Å². The normalized spacial score (nSPS) is 15.5. The van der Waals surface area contributed by atoms with E-state index in [-0.39, 0.29) is 10.8 Å². The zero-order valence-electron chi connectivity index (χ0n) is 37.3. The van der Waals surface area contributed by atoms with E-state index < -0.39 is 0 Å². The summed E-state index contributed by atoms with van der Waals surface area (Å²) in [5.74, 6) is 0. The Balaban J connectivity index is 1.12. The monoisotopic (exact) mass is 793 g/mol. The van der Waals surface area contributed by atoms with E-state index >= 15 is 0 Å². The third-order valence-electron chi connectivity index (χ3n) is 13.4. The minimum absolute atomic E-state index is 0.151. The molecule has 0 amide bonds. The Morgan fingerprint density at radius 2 is 0.800 bits per heavy atom. The lowest BCUT2D eigenvalue weighted by Gasteiger charge is -2.21. The number of rotatable bonds is 15. The zero-order chi connectivity index (χ0) is 42.0. The standard InChI is InChI=1S/C56H64N4/c1-9-57(10-2)45-31-23-41(24-32-45)27-37-51-55(5,6)53-47-21-15-13-19-43(47)29-35-49(53)59(51)39-17-18-40-60-50-36-30-44-20-14-16-22-48(44)54(50)56(7,8)52(60)38-28-42-25-33-46(34-26-42)58(11-3)12-4/h13-16,19-38H,9-12,17-18,39-40H2,1-8H3/q+2. The van der Waals surface area contributed by atoms with Crippen LogP contribution in [0.4, 0.5) is 22.7 Å². The smallest absolute Gasteiger partial charge is 0.210 e. The Kier molecular flexibility index (Phi) is 11.7. The van der Waals surface area contributed by atoms with E-state index in [2.05, 4.69) is 220 Å². The molecule has 6 aromatic rings. The van der Waals surface area contributed by atoms with Gasteiger partial charge in [-0.15, -0.1) is 0 Å². The molecule has 4 heteroatoms. The van der Waals surface area contributed by atoms with Gasteiger partial charge in [-0.05, 0) is 137 Å². The van der Waals surface area contributed by atoms with Crippen molar-refractivity contribution in [3.63, 3.8) is 0 Å². The summed E-state index contributed by atoms with van der Waals surface area (Å²) < 4.78 is 5.26. The first-order valence-corrected chi connectivity index (χ1v) is 22.5. The van der Waals surface area contributed by atoms with E-state index in [0.717, 1.165) is 52.1 Å². The molecule has 2 heterocycles. The van der Waals surface area contributed by atoms with Crippen molar-refractivity contribution in [1.29, 1.82) is 0 Å². The summed E-state index contributed by atoms with van der Waals surface area (Å²) in [6, 6.07) is 45.3. The van der Waals surface area contributed by atoms with Crippen LogP contribution in [-0.2, 0) is 10.8 Å². The van der Waals surface area contributed by atoms with Crippen LogP contribution in [-0.4, -0.2) is 59.8 Å². The SMILES string of the molecule is CCN(CC)c1ccc(/C=C/C2=[N+](CCCC[N+]3=C(/C=C/c4ccc(N(CC)CC)cc4)C(C)(C)c4c3ccc3ccccc43)c3ccc4ccccc4c3C2(C)C)cc1. The Hall–Kier alpha value is -5.74. The molecule has 2 aliphatic heterocycles. The van der Waals surface area contributed by atoms with Crippen LogP contribution in [0.2, 0.25) is 0 Å². The molecule has 0 saturated heterocycles. The average Bonchev–Trinajstić information content (AvgIpc) is 3.63. The molecule has 2 aliphatic rings. The third kappa shape index (κ3) is 7.51. The van der Waals surface area contributed by atoms with Crippen LogP contribution < -0.4 is 9.80 Å². The number of unbranched alkanes of at least 4 members (excludes halogenated alkanes) is 1. The van der Waals surface area contributed by atoms with E-state index in [1.165, 1.54) is 78.0 Å². The van der Waals surface area contributed by atoms with Crippen molar-refractivity contribution in [1.82, 2.24) is 0 Å². The van der Waals surface area contributed by atoms with Crippen molar-refractivity contribution in [2.24, 2.45) is 0 Å². The van der Waals surface area contributed by atoms with Gasteiger partial charge in [-0.25, -0.2) is 0 Å². The van der Waals surface area contributed by atoms with Gasteiger partial charge in [0.1, 0.15) is 13.1 Å². The maximum Gasteiger partial charge on any atom is 0.210 e. The molecule has 0 fully saturated rings. The van der Waals surface area contributed by atoms with Crippen LogP contribution in [0.1, 0.15) is 90.5 Å². The van der Waals surface area contributed by atoms with Gasteiger partial charge in [0.25, 0.3) is 0 Å². The third-order valence-corrected chi connectivity index (χ3v) is 13.4. The van der Waals surface area contributed by atoms with Crippen LogP contribution in [0.3, 0.4) is 0 Å². The zero-order valence-corrected chi connectivity index (χ0v) is 37.3. The molecule has 8 rings (SSSR count). The minimum atomic E-state index is -0.151. The van der Waals surface area contributed by atoms with Crippen molar-refractivity contribution in [3.8, 4) is 0 Å². The van der Waals surface area contributed by atoms with Gasteiger partial charge < -0.3 is 9.80 Å². The van der Waals surface area contributed by atoms with Crippen molar-refractivity contribution in [2.75, 3.05) is 49.1 Å². The summed E-state index contributed by atoms with van der Waals surface area (Å²) in [6.45, 7) is 24.5. The molecule has 60 heavy (non-hydrogen) atoms. The Labute approximate surface area is 359 Å². The average molecular weight is 793 g/mol. The number of benzene rings is 6.